The second-order valence-corrected chi connectivity index (χ2v) is 9.79. The molecule has 0 aliphatic rings. The summed E-state index contributed by atoms with van der Waals surface area (Å²) in [5, 5.41) is 0. The van der Waals surface area contributed by atoms with Gasteiger partial charge < -0.3 is 8.85 Å². The highest BCUT2D eigenvalue weighted by Crippen LogP contribution is 2.40. The Morgan fingerprint density at radius 2 is 1.05 bits per heavy atom. The molecule has 2 unspecified atom stereocenters. The van der Waals surface area contributed by atoms with Gasteiger partial charge in [0, 0.05) is 24.3 Å². The summed E-state index contributed by atoms with van der Waals surface area (Å²) < 4.78 is 12.9. The minimum Gasteiger partial charge on any atom is -0.394 e. The van der Waals surface area contributed by atoms with Crippen molar-refractivity contribution < 1.29 is 8.85 Å². The van der Waals surface area contributed by atoms with Crippen molar-refractivity contribution in [2.75, 3.05) is 13.2 Å². The van der Waals surface area contributed by atoms with Crippen LogP contribution in [-0.2, 0) is 8.85 Å². The van der Waals surface area contributed by atoms with E-state index in [1.54, 1.807) is 0 Å². The average molecular weight is 289 g/mol. The van der Waals surface area contributed by atoms with Crippen LogP contribution in [0.5, 0.6) is 0 Å². The highest BCUT2D eigenvalue weighted by molar-refractivity contribution is 6.70. The van der Waals surface area contributed by atoms with E-state index >= 15 is 0 Å². The van der Waals surface area contributed by atoms with E-state index in [0.717, 1.165) is 26.1 Å². The largest absolute Gasteiger partial charge is 0.394 e. The van der Waals surface area contributed by atoms with E-state index in [-0.39, 0.29) is 0 Å². The van der Waals surface area contributed by atoms with Crippen molar-refractivity contribution in [1.29, 1.82) is 0 Å². The number of hydrogen-bond acceptors (Lipinski definition) is 2. The Morgan fingerprint density at radius 3 is 1.32 bits per heavy atom. The van der Waals surface area contributed by atoms with Crippen molar-refractivity contribution in [3.05, 3.63) is 0 Å². The van der Waals surface area contributed by atoms with Crippen LogP contribution in [0.3, 0.4) is 0 Å². The lowest BCUT2D eigenvalue weighted by molar-refractivity contribution is 0.147. The first kappa shape index (κ1) is 19.1. The van der Waals surface area contributed by atoms with Crippen LogP contribution in [-0.4, -0.2) is 21.8 Å². The summed E-state index contributed by atoms with van der Waals surface area (Å²) in [7, 11) is -2.09. The zero-order valence-electron chi connectivity index (χ0n) is 14.1. The lowest BCUT2D eigenvalue weighted by atomic mass is 10.2. The molecule has 0 aromatic carbocycles. The Labute approximate surface area is 122 Å². The summed E-state index contributed by atoms with van der Waals surface area (Å²) in [6.07, 6.45) is 7.07. The summed E-state index contributed by atoms with van der Waals surface area (Å²) in [4.78, 5) is 0. The fraction of sp³-hybridized carbons (Fsp3) is 1.00. The van der Waals surface area contributed by atoms with Crippen LogP contribution < -0.4 is 0 Å². The van der Waals surface area contributed by atoms with E-state index in [0.29, 0.717) is 11.1 Å². The molecule has 0 aliphatic heterocycles. The molecular formula is C16H36O2Si. The molecule has 0 bridgehead atoms. The number of hydrogen-bond donors (Lipinski definition) is 0. The van der Waals surface area contributed by atoms with Gasteiger partial charge in [0.1, 0.15) is 0 Å². The smallest absolute Gasteiger partial charge is 0.344 e. The molecule has 3 heteroatoms. The Balaban J connectivity index is 5.04. The van der Waals surface area contributed by atoms with Gasteiger partial charge in [0.15, 0.2) is 0 Å². The quantitative estimate of drug-likeness (QED) is 0.431. The van der Waals surface area contributed by atoms with E-state index in [2.05, 4.69) is 41.5 Å². The maximum atomic E-state index is 6.43. The number of rotatable bonds is 12. The predicted molar refractivity (Wildman–Crippen MR) is 86.9 cm³/mol. The van der Waals surface area contributed by atoms with Crippen molar-refractivity contribution in [3.63, 3.8) is 0 Å². The minimum absolute atomic E-state index is 0.595. The molecule has 2 atom stereocenters. The molecule has 0 radical (unpaired) electrons. The molecule has 19 heavy (non-hydrogen) atoms. The first-order valence-corrected chi connectivity index (χ1v) is 10.3. The fourth-order valence-corrected chi connectivity index (χ4v) is 7.51. The van der Waals surface area contributed by atoms with Gasteiger partial charge in [-0.3, -0.25) is 0 Å². The Hall–Kier alpha value is 0.137. The van der Waals surface area contributed by atoms with Gasteiger partial charge >= 0.3 is 8.56 Å². The summed E-state index contributed by atoms with van der Waals surface area (Å²) in [5.74, 6) is 0. The van der Waals surface area contributed by atoms with Gasteiger partial charge in [0.25, 0.3) is 0 Å². The second kappa shape index (κ2) is 10.9. The van der Waals surface area contributed by atoms with Crippen LogP contribution in [0.4, 0.5) is 0 Å². The van der Waals surface area contributed by atoms with Crippen molar-refractivity contribution in [2.45, 2.75) is 91.1 Å². The Kier molecular flexibility index (Phi) is 10.9. The second-order valence-electron chi connectivity index (χ2n) is 5.80. The van der Waals surface area contributed by atoms with Crippen molar-refractivity contribution in [3.8, 4) is 0 Å². The molecule has 0 fully saturated rings. The monoisotopic (exact) mass is 288 g/mol. The standard InChI is InChI=1S/C16H36O2Si/c1-7-11-15(5)19(17-13-9-3,18-14-10-4)16(6)12-8-2/h15-16H,7-14H2,1-6H3. The van der Waals surface area contributed by atoms with E-state index in [4.69, 9.17) is 8.85 Å². The first-order chi connectivity index (χ1) is 9.08. The molecular weight excluding hydrogens is 252 g/mol. The van der Waals surface area contributed by atoms with Crippen LogP contribution in [0, 0.1) is 0 Å². The van der Waals surface area contributed by atoms with Crippen LogP contribution in [0.15, 0.2) is 0 Å². The van der Waals surface area contributed by atoms with Crippen LogP contribution in [0.1, 0.15) is 80.1 Å². The van der Waals surface area contributed by atoms with Gasteiger partial charge in [-0.05, 0) is 25.7 Å². The topological polar surface area (TPSA) is 18.5 Å². The molecule has 0 saturated carbocycles. The van der Waals surface area contributed by atoms with Crippen LogP contribution >= 0.6 is 0 Å². The zero-order chi connectivity index (χ0) is 14.7. The van der Waals surface area contributed by atoms with Crippen molar-refractivity contribution in [1.82, 2.24) is 0 Å². The molecule has 0 spiro atoms. The third kappa shape index (κ3) is 5.97. The van der Waals surface area contributed by atoms with Crippen molar-refractivity contribution in [2.24, 2.45) is 0 Å². The highest BCUT2D eigenvalue weighted by Gasteiger charge is 2.47. The fourth-order valence-electron chi connectivity index (χ4n) is 2.89. The summed E-state index contributed by atoms with van der Waals surface area (Å²) in [6, 6.07) is 0. The first-order valence-electron chi connectivity index (χ1n) is 8.36. The molecule has 0 N–H and O–H groups in total. The Morgan fingerprint density at radius 1 is 0.684 bits per heavy atom. The SMILES string of the molecule is CCCO[Si](OCCC)(C(C)CCC)C(C)CCC. The lowest BCUT2D eigenvalue weighted by Crippen LogP contribution is -2.50. The van der Waals surface area contributed by atoms with E-state index in [9.17, 15) is 0 Å². The summed E-state index contributed by atoms with van der Waals surface area (Å²) in [6.45, 7) is 15.3. The van der Waals surface area contributed by atoms with E-state index in [1.807, 2.05) is 0 Å². The molecule has 0 rings (SSSR count). The van der Waals surface area contributed by atoms with Gasteiger partial charge in [-0.25, -0.2) is 0 Å². The van der Waals surface area contributed by atoms with Gasteiger partial charge in [0.05, 0.1) is 0 Å². The molecule has 0 aromatic heterocycles. The molecule has 0 aliphatic carbocycles. The van der Waals surface area contributed by atoms with Gasteiger partial charge in [-0.15, -0.1) is 0 Å². The molecule has 116 valence electrons. The molecule has 0 heterocycles. The predicted octanol–water partition coefficient (Wildman–Crippen LogP) is 5.66. The van der Waals surface area contributed by atoms with E-state index < -0.39 is 8.56 Å². The maximum Gasteiger partial charge on any atom is 0.344 e. The van der Waals surface area contributed by atoms with Gasteiger partial charge in [-0.2, -0.15) is 0 Å². The van der Waals surface area contributed by atoms with E-state index in [1.165, 1.54) is 25.7 Å². The molecule has 2 nitrogen and oxygen atoms in total. The summed E-state index contributed by atoms with van der Waals surface area (Å²) in [5.41, 5.74) is 1.19. The normalized spacial score (nSPS) is 15.5. The maximum absolute atomic E-state index is 6.43. The summed E-state index contributed by atoms with van der Waals surface area (Å²) >= 11 is 0. The van der Waals surface area contributed by atoms with Crippen LogP contribution in [0.2, 0.25) is 11.1 Å². The molecule has 0 amide bonds. The van der Waals surface area contributed by atoms with Crippen molar-refractivity contribution >= 4 is 8.56 Å². The third-order valence-electron chi connectivity index (χ3n) is 3.88. The Bertz CT molecular complexity index is 187. The van der Waals surface area contributed by atoms with Gasteiger partial charge in [-0.1, -0.05) is 54.4 Å². The average Bonchev–Trinajstić information content (AvgIpc) is 2.40. The lowest BCUT2D eigenvalue weighted by Gasteiger charge is -2.40. The third-order valence-corrected chi connectivity index (χ3v) is 8.52. The highest BCUT2D eigenvalue weighted by atomic mass is 28.4. The van der Waals surface area contributed by atoms with Gasteiger partial charge in [0.2, 0.25) is 0 Å². The zero-order valence-corrected chi connectivity index (χ0v) is 15.1. The molecule has 0 aromatic rings. The van der Waals surface area contributed by atoms with Crippen LogP contribution in [0.25, 0.3) is 0 Å². The molecule has 0 saturated heterocycles. The minimum atomic E-state index is -2.09.